The molecule has 2 heterocycles. The standard InChI is InChI=1S/C23H27N3.2ClH/c1-18-7-5-6-10-21(18)22-25-17-20(26-22)16-23(11-13-24-14-12-23)15-19-8-3-2-4-9-19;;/h2-10,17,24H,11-16H2,1H3,(H,25,26);2*1H. The minimum absolute atomic E-state index is 0. The van der Waals surface area contributed by atoms with Crippen molar-refractivity contribution >= 4 is 24.8 Å². The Morgan fingerprint density at radius 2 is 1.57 bits per heavy atom. The van der Waals surface area contributed by atoms with Crippen LogP contribution in [0.5, 0.6) is 0 Å². The van der Waals surface area contributed by atoms with Crippen LogP contribution >= 0.6 is 24.8 Å². The number of hydrogen-bond acceptors (Lipinski definition) is 2. The molecule has 3 aromatic rings. The first kappa shape index (κ1) is 22.5. The number of nitrogens with one attached hydrogen (secondary N) is 2. The second-order valence-corrected chi connectivity index (χ2v) is 7.66. The summed E-state index contributed by atoms with van der Waals surface area (Å²) >= 11 is 0. The van der Waals surface area contributed by atoms with Crippen LogP contribution in [0.25, 0.3) is 11.4 Å². The predicted octanol–water partition coefficient (Wildman–Crippen LogP) is 5.38. The molecule has 1 saturated heterocycles. The smallest absolute Gasteiger partial charge is 0.137 e. The van der Waals surface area contributed by atoms with E-state index in [0.717, 1.165) is 31.8 Å². The lowest BCUT2D eigenvalue weighted by Gasteiger charge is -2.37. The van der Waals surface area contributed by atoms with E-state index < -0.39 is 0 Å². The summed E-state index contributed by atoms with van der Waals surface area (Å²) in [7, 11) is 0. The summed E-state index contributed by atoms with van der Waals surface area (Å²) in [5.41, 5.74) is 5.45. The summed E-state index contributed by atoms with van der Waals surface area (Å²) in [6.45, 7) is 4.35. The van der Waals surface area contributed by atoms with Crippen molar-refractivity contribution in [3.63, 3.8) is 0 Å². The fourth-order valence-electron chi connectivity index (χ4n) is 4.23. The van der Waals surface area contributed by atoms with Crippen LogP contribution in [0.2, 0.25) is 0 Å². The van der Waals surface area contributed by atoms with Gasteiger partial charge in [-0.2, -0.15) is 0 Å². The van der Waals surface area contributed by atoms with Crippen LogP contribution in [0.3, 0.4) is 0 Å². The Morgan fingerprint density at radius 1 is 0.893 bits per heavy atom. The topological polar surface area (TPSA) is 40.7 Å². The third kappa shape index (κ3) is 5.16. The van der Waals surface area contributed by atoms with Gasteiger partial charge in [-0.3, -0.25) is 0 Å². The Labute approximate surface area is 180 Å². The van der Waals surface area contributed by atoms with Gasteiger partial charge in [0.1, 0.15) is 5.82 Å². The molecule has 1 aliphatic rings. The van der Waals surface area contributed by atoms with Gasteiger partial charge in [0.25, 0.3) is 0 Å². The van der Waals surface area contributed by atoms with Crippen LogP contribution in [-0.4, -0.2) is 23.1 Å². The lowest BCUT2D eigenvalue weighted by Crippen LogP contribution is -2.39. The molecule has 28 heavy (non-hydrogen) atoms. The number of benzene rings is 2. The summed E-state index contributed by atoms with van der Waals surface area (Å²) < 4.78 is 0. The molecule has 0 amide bonds. The monoisotopic (exact) mass is 417 g/mol. The number of imidazole rings is 1. The number of aromatic amines is 1. The Hall–Kier alpha value is -1.81. The third-order valence-corrected chi connectivity index (χ3v) is 5.68. The summed E-state index contributed by atoms with van der Waals surface area (Å²) in [6, 6.07) is 19.4. The van der Waals surface area contributed by atoms with Crippen LogP contribution in [0.15, 0.2) is 60.8 Å². The fraction of sp³-hybridized carbons (Fsp3) is 0.348. The zero-order chi connectivity index (χ0) is 17.8. The van der Waals surface area contributed by atoms with Gasteiger partial charge >= 0.3 is 0 Å². The highest BCUT2D eigenvalue weighted by atomic mass is 35.5. The number of hydrogen-bond donors (Lipinski definition) is 2. The maximum absolute atomic E-state index is 4.68. The van der Waals surface area contributed by atoms with Crippen molar-refractivity contribution < 1.29 is 0 Å². The Morgan fingerprint density at radius 3 is 2.29 bits per heavy atom. The molecule has 4 rings (SSSR count). The van der Waals surface area contributed by atoms with E-state index in [-0.39, 0.29) is 24.8 Å². The SMILES string of the molecule is Cc1ccccc1-c1ncc(CC2(Cc3ccccc3)CCNCC2)[nH]1.Cl.Cl. The van der Waals surface area contributed by atoms with Crippen molar-refractivity contribution in [3.05, 3.63) is 77.6 Å². The molecule has 1 fully saturated rings. The van der Waals surface area contributed by atoms with Gasteiger partial charge < -0.3 is 10.3 Å². The van der Waals surface area contributed by atoms with Gasteiger partial charge in [0, 0.05) is 17.5 Å². The lowest BCUT2D eigenvalue weighted by molar-refractivity contribution is 0.197. The Bertz CT molecular complexity index is 855. The molecule has 0 unspecified atom stereocenters. The van der Waals surface area contributed by atoms with E-state index in [1.807, 2.05) is 6.20 Å². The van der Waals surface area contributed by atoms with E-state index in [1.165, 1.54) is 35.2 Å². The molecule has 0 spiro atoms. The van der Waals surface area contributed by atoms with Gasteiger partial charge in [-0.05, 0) is 62.2 Å². The van der Waals surface area contributed by atoms with E-state index >= 15 is 0 Å². The molecular formula is C23H29Cl2N3. The average molecular weight is 418 g/mol. The Kier molecular flexibility index (Phi) is 8.11. The van der Waals surface area contributed by atoms with E-state index in [1.54, 1.807) is 0 Å². The predicted molar refractivity (Wildman–Crippen MR) is 122 cm³/mol. The zero-order valence-corrected chi connectivity index (χ0v) is 17.9. The van der Waals surface area contributed by atoms with Crippen molar-refractivity contribution in [1.82, 2.24) is 15.3 Å². The molecule has 1 aliphatic heterocycles. The van der Waals surface area contributed by atoms with E-state index in [9.17, 15) is 0 Å². The lowest BCUT2D eigenvalue weighted by atomic mass is 9.71. The van der Waals surface area contributed by atoms with E-state index in [2.05, 4.69) is 76.8 Å². The normalized spacial score (nSPS) is 15.3. The molecule has 0 saturated carbocycles. The van der Waals surface area contributed by atoms with Crippen molar-refractivity contribution in [2.24, 2.45) is 5.41 Å². The number of aryl methyl sites for hydroxylation is 1. The van der Waals surface area contributed by atoms with Gasteiger partial charge in [-0.15, -0.1) is 24.8 Å². The first-order valence-electron chi connectivity index (χ1n) is 9.59. The molecule has 5 heteroatoms. The van der Waals surface area contributed by atoms with Gasteiger partial charge in [0.2, 0.25) is 0 Å². The van der Waals surface area contributed by atoms with Crippen LogP contribution in [0.4, 0.5) is 0 Å². The van der Waals surface area contributed by atoms with E-state index in [0.29, 0.717) is 5.41 Å². The van der Waals surface area contributed by atoms with Gasteiger partial charge in [0.15, 0.2) is 0 Å². The molecular weight excluding hydrogens is 389 g/mol. The number of nitrogens with zero attached hydrogens (tertiary/aromatic N) is 1. The highest BCUT2D eigenvalue weighted by molar-refractivity contribution is 5.85. The quantitative estimate of drug-likeness (QED) is 0.584. The molecule has 0 atom stereocenters. The second kappa shape index (κ2) is 10.1. The average Bonchev–Trinajstić information content (AvgIpc) is 3.11. The molecule has 2 aromatic carbocycles. The molecule has 2 N–H and O–H groups in total. The maximum Gasteiger partial charge on any atom is 0.137 e. The number of rotatable bonds is 5. The number of piperidine rings is 1. The van der Waals surface area contributed by atoms with Gasteiger partial charge in [-0.1, -0.05) is 54.6 Å². The van der Waals surface area contributed by atoms with Crippen molar-refractivity contribution in [3.8, 4) is 11.4 Å². The van der Waals surface area contributed by atoms with Crippen LogP contribution in [0.1, 0.15) is 29.7 Å². The van der Waals surface area contributed by atoms with Crippen molar-refractivity contribution in [1.29, 1.82) is 0 Å². The summed E-state index contributed by atoms with van der Waals surface area (Å²) in [6.07, 6.45) is 6.65. The summed E-state index contributed by atoms with van der Waals surface area (Å²) in [5, 5.41) is 3.52. The molecule has 3 nitrogen and oxygen atoms in total. The van der Waals surface area contributed by atoms with Gasteiger partial charge in [-0.25, -0.2) is 4.98 Å². The number of halogens is 2. The second-order valence-electron chi connectivity index (χ2n) is 7.66. The molecule has 1 aromatic heterocycles. The van der Waals surface area contributed by atoms with Crippen LogP contribution in [-0.2, 0) is 12.8 Å². The largest absolute Gasteiger partial charge is 0.342 e. The summed E-state index contributed by atoms with van der Waals surface area (Å²) in [4.78, 5) is 8.28. The highest BCUT2D eigenvalue weighted by Gasteiger charge is 2.33. The molecule has 0 aliphatic carbocycles. The van der Waals surface area contributed by atoms with Gasteiger partial charge in [0.05, 0.1) is 0 Å². The van der Waals surface area contributed by atoms with Crippen molar-refractivity contribution in [2.75, 3.05) is 13.1 Å². The third-order valence-electron chi connectivity index (χ3n) is 5.68. The first-order chi connectivity index (χ1) is 12.7. The van der Waals surface area contributed by atoms with Crippen LogP contribution in [0, 0.1) is 12.3 Å². The van der Waals surface area contributed by atoms with Crippen molar-refractivity contribution in [2.45, 2.75) is 32.6 Å². The van der Waals surface area contributed by atoms with Crippen LogP contribution < -0.4 is 5.32 Å². The molecule has 150 valence electrons. The van der Waals surface area contributed by atoms with E-state index in [4.69, 9.17) is 0 Å². The highest BCUT2D eigenvalue weighted by Crippen LogP contribution is 2.36. The number of aromatic nitrogens is 2. The Balaban J connectivity index is 0.00000140. The fourth-order valence-corrected chi connectivity index (χ4v) is 4.23. The minimum atomic E-state index is 0. The first-order valence-corrected chi connectivity index (χ1v) is 9.59. The zero-order valence-electron chi connectivity index (χ0n) is 16.3. The summed E-state index contributed by atoms with van der Waals surface area (Å²) in [5.74, 6) is 0.988. The molecule has 0 bridgehead atoms. The maximum atomic E-state index is 4.68. The number of H-pyrrole nitrogens is 1. The minimum Gasteiger partial charge on any atom is -0.342 e. The molecule has 0 radical (unpaired) electrons.